The smallest absolute Gasteiger partial charge is 0.454 e. The summed E-state index contributed by atoms with van der Waals surface area (Å²) in [6.07, 6.45) is -4.81. The van der Waals surface area contributed by atoms with Crippen molar-refractivity contribution in [2.75, 3.05) is 6.61 Å². The lowest BCUT2D eigenvalue weighted by molar-refractivity contribution is -0.274. The molecule has 2 aromatic rings. The van der Waals surface area contributed by atoms with Gasteiger partial charge in [0.1, 0.15) is 5.75 Å². The second-order valence-electron chi connectivity index (χ2n) is 4.18. The van der Waals surface area contributed by atoms with Crippen molar-refractivity contribution in [3.63, 3.8) is 0 Å². The monoisotopic (exact) mass is 364 g/mol. The topological polar surface area (TPSA) is 52.6 Å². The number of hydrogen-bond donors (Lipinski definition) is 0. The van der Waals surface area contributed by atoms with E-state index in [2.05, 4.69) is 4.74 Å². The maximum absolute atomic E-state index is 12.0. The Morgan fingerprint density at radius 1 is 1.09 bits per heavy atom. The summed E-state index contributed by atoms with van der Waals surface area (Å²) in [6, 6.07) is 7.22. The number of esters is 1. The standard InChI is InChI=1S/C14H8ClF3O4S/c15-12-6-5-11(23-12)10(19)7-21-13(20)8-1-3-9(4-2-8)22-14(16,17)18/h1-6H,7H2. The summed E-state index contributed by atoms with van der Waals surface area (Å²) in [7, 11) is 0. The molecule has 0 atom stereocenters. The number of ether oxygens (including phenoxy) is 2. The van der Waals surface area contributed by atoms with Crippen LogP contribution in [0.15, 0.2) is 36.4 Å². The number of benzene rings is 1. The molecule has 0 aliphatic rings. The minimum atomic E-state index is -4.81. The molecule has 0 saturated carbocycles. The molecule has 0 amide bonds. The number of alkyl halides is 3. The third-order valence-electron chi connectivity index (χ3n) is 2.51. The highest BCUT2D eigenvalue weighted by molar-refractivity contribution is 7.18. The minimum absolute atomic E-state index is 0.00321. The molecule has 122 valence electrons. The van der Waals surface area contributed by atoms with Gasteiger partial charge in [0, 0.05) is 0 Å². The number of carbonyl (C=O) groups excluding carboxylic acids is 2. The van der Waals surface area contributed by atoms with Crippen molar-refractivity contribution in [2.24, 2.45) is 0 Å². The van der Waals surface area contributed by atoms with Crippen molar-refractivity contribution >= 4 is 34.7 Å². The van der Waals surface area contributed by atoms with E-state index in [1.807, 2.05) is 0 Å². The fourth-order valence-corrected chi connectivity index (χ4v) is 2.51. The Bertz CT molecular complexity index is 710. The van der Waals surface area contributed by atoms with Crippen LogP contribution in [0.3, 0.4) is 0 Å². The highest BCUT2D eigenvalue weighted by atomic mass is 35.5. The number of carbonyl (C=O) groups is 2. The van der Waals surface area contributed by atoms with Crippen LogP contribution in [-0.2, 0) is 4.74 Å². The number of rotatable bonds is 5. The van der Waals surface area contributed by atoms with Gasteiger partial charge in [0.25, 0.3) is 0 Å². The molecule has 1 aromatic heterocycles. The molecule has 0 saturated heterocycles. The Labute approximate surface area is 137 Å². The molecular weight excluding hydrogens is 357 g/mol. The third kappa shape index (κ3) is 5.26. The molecule has 1 heterocycles. The van der Waals surface area contributed by atoms with E-state index in [-0.39, 0.29) is 5.56 Å². The zero-order valence-corrected chi connectivity index (χ0v) is 12.8. The van der Waals surface area contributed by atoms with E-state index < -0.39 is 30.5 Å². The van der Waals surface area contributed by atoms with Gasteiger partial charge in [-0.1, -0.05) is 11.6 Å². The molecule has 0 N–H and O–H groups in total. The van der Waals surface area contributed by atoms with E-state index in [1.54, 1.807) is 6.07 Å². The van der Waals surface area contributed by atoms with Crippen LogP contribution in [0.4, 0.5) is 13.2 Å². The zero-order valence-electron chi connectivity index (χ0n) is 11.2. The van der Waals surface area contributed by atoms with Crippen molar-refractivity contribution < 1.29 is 32.2 Å². The molecule has 0 radical (unpaired) electrons. The second-order valence-corrected chi connectivity index (χ2v) is 5.89. The maximum atomic E-state index is 12.0. The first-order valence-electron chi connectivity index (χ1n) is 6.06. The van der Waals surface area contributed by atoms with Crippen LogP contribution in [0.5, 0.6) is 5.75 Å². The molecule has 0 aliphatic carbocycles. The summed E-state index contributed by atoms with van der Waals surface area (Å²) in [5.74, 6) is -1.72. The second kappa shape index (κ2) is 7.01. The quantitative estimate of drug-likeness (QED) is 0.585. The van der Waals surface area contributed by atoms with Crippen LogP contribution in [0.25, 0.3) is 0 Å². The van der Waals surface area contributed by atoms with Crippen LogP contribution in [0.2, 0.25) is 4.34 Å². The van der Waals surface area contributed by atoms with E-state index in [9.17, 15) is 22.8 Å². The average Bonchev–Trinajstić information content (AvgIpc) is 2.90. The first kappa shape index (κ1) is 17.3. The van der Waals surface area contributed by atoms with Gasteiger partial charge in [0.15, 0.2) is 6.61 Å². The van der Waals surface area contributed by atoms with Gasteiger partial charge in [-0.3, -0.25) is 4.79 Å². The summed E-state index contributed by atoms with van der Waals surface area (Å²) in [5.41, 5.74) is -0.00321. The lowest BCUT2D eigenvalue weighted by atomic mass is 10.2. The predicted octanol–water partition coefficient (Wildman–Crippen LogP) is 4.34. The number of Topliss-reactive ketones (excluding diaryl/α,β-unsaturated/α-hetero) is 1. The van der Waals surface area contributed by atoms with Gasteiger partial charge in [-0.25, -0.2) is 4.79 Å². The summed E-state index contributed by atoms with van der Waals surface area (Å²) in [4.78, 5) is 23.8. The SMILES string of the molecule is O=C(OCC(=O)c1ccc(Cl)s1)c1ccc(OC(F)(F)F)cc1. The van der Waals surface area contributed by atoms with Crippen LogP contribution >= 0.6 is 22.9 Å². The molecule has 9 heteroatoms. The van der Waals surface area contributed by atoms with Gasteiger partial charge in [-0.05, 0) is 36.4 Å². The summed E-state index contributed by atoms with van der Waals surface area (Å²) in [6.45, 7) is -0.490. The van der Waals surface area contributed by atoms with E-state index in [0.717, 1.165) is 35.6 Å². The van der Waals surface area contributed by atoms with Gasteiger partial charge in [0.2, 0.25) is 5.78 Å². The van der Waals surface area contributed by atoms with Crippen LogP contribution < -0.4 is 4.74 Å². The van der Waals surface area contributed by atoms with Crippen molar-refractivity contribution in [2.45, 2.75) is 6.36 Å². The van der Waals surface area contributed by atoms with Gasteiger partial charge >= 0.3 is 12.3 Å². The highest BCUT2D eigenvalue weighted by Gasteiger charge is 2.31. The average molecular weight is 365 g/mol. The number of ketones is 1. The molecule has 0 bridgehead atoms. The Kier molecular flexibility index (Phi) is 5.27. The number of hydrogen-bond acceptors (Lipinski definition) is 5. The molecule has 0 fully saturated rings. The van der Waals surface area contributed by atoms with E-state index in [0.29, 0.717) is 9.21 Å². The number of halogens is 4. The molecule has 1 aromatic carbocycles. The Hall–Kier alpha value is -2.06. The largest absolute Gasteiger partial charge is 0.573 e. The van der Waals surface area contributed by atoms with Gasteiger partial charge in [-0.15, -0.1) is 24.5 Å². The van der Waals surface area contributed by atoms with Crippen LogP contribution in [0, 0.1) is 0 Å². The zero-order chi connectivity index (χ0) is 17.0. The van der Waals surface area contributed by atoms with E-state index >= 15 is 0 Å². The molecular formula is C14H8ClF3O4S. The lowest BCUT2D eigenvalue weighted by Gasteiger charge is -2.09. The van der Waals surface area contributed by atoms with Gasteiger partial charge in [-0.2, -0.15) is 0 Å². The first-order valence-corrected chi connectivity index (χ1v) is 7.25. The van der Waals surface area contributed by atoms with Crippen LogP contribution in [0.1, 0.15) is 20.0 Å². The molecule has 23 heavy (non-hydrogen) atoms. The Morgan fingerprint density at radius 2 is 1.74 bits per heavy atom. The summed E-state index contributed by atoms with van der Waals surface area (Å²) in [5, 5.41) is 0. The van der Waals surface area contributed by atoms with Gasteiger partial charge < -0.3 is 9.47 Å². The van der Waals surface area contributed by atoms with Crippen molar-refractivity contribution in [1.82, 2.24) is 0 Å². The summed E-state index contributed by atoms with van der Waals surface area (Å²) >= 11 is 6.74. The van der Waals surface area contributed by atoms with Crippen LogP contribution in [-0.4, -0.2) is 24.7 Å². The molecule has 0 aliphatic heterocycles. The maximum Gasteiger partial charge on any atom is 0.573 e. The fraction of sp³-hybridized carbons (Fsp3) is 0.143. The fourth-order valence-electron chi connectivity index (χ4n) is 1.54. The predicted molar refractivity (Wildman–Crippen MR) is 77.1 cm³/mol. The first-order chi connectivity index (χ1) is 10.7. The minimum Gasteiger partial charge on any atom is -0.454 e. The van der Waals surface area contributed by atoms with Gasteiger partial charge in [0.05, 0.1) is 14.8 Å². The van der Waals surface area contributed by atoms with E-state index in [1.165, 1.54) is 6.07 Å². The number of thiophene rings is 1. The third-order valence-corrected chi connectivity index (χ3v) is 3.78. The Balaban J connectivity index is 1.92. The normalized spacial score (nSPS) is 11.1. The van der Waals surface area contributed by atoms with Crippen molar-refractivity contribution in [1.29, 1.82) is 0 Å². The molecule has 0 spiro atoms. The van der Waals surface area contributed by atoms with E-state index in [4.69, 9.17) is 16.3 Å². The highest BCUT2D eigenvalue weighted by Crippen LogP contribution is 2.23. The molecule has 0 unspecified atom stereocenters. The summed E-state index contributed by atoms with van der Waals surface area (Å²) < 4.78 is 45.0. The molecule has 2 rings (SSSR count). The lowest BCUT2D eigenvalue weighted by Crippen LogP contribution is -2.17. The van der Waals surface area contributed by atoms with Crippen molar-refractivity contribution in [3.8, 4) is 5.75 Å². The Morgan fingerprint density at radius 3 is 2.26 bits per heavy atom. The molecule has 4 nitrogen and oxygen atoms in total. The van der Waals surface area contributed by atoms with Crippen molar-refractivity contribution in [3.05, 3.63) is 51.2 Å².